The van der Waals surface area contributed by atoms with Gasteiger partial charge in [-0.3, -0.25) is 10.1 Å². The van der Waals surface area contributed by atoms with Crippen LogP contribution in [-0.4, -0.2) is 25.1 Å². The minimum atomic E-state index is -0.236. The van der Waals surface area contributed by atoms with Gasteiger partial charge in [-0.1, -0.05) is 13.0 Å². The van der Waals surface area contributed by atoms with Crippen LogP contribution in [0.4, 0.5) is 5.13 Å². The van der Waals surface area contributed by atoms with Crippen LogP contribution in [-0.2, 0) is 12.8 Å². The Bertz CT molecular complexity index is 727. The highest BCUT2D eigenvalue weighted by Crippen LogP contribution is 2.34. The first-order valence-electron chi connectivity index (χ1n) is 7.63. The number of ether oxygens (including phenoxy) is 2. The van der Waals surface area contributed by atoms with Crippen molar-refractivity contribution in [3.05, 3.63) is 34.3 Å². The molecule has 0 radical (unpaired) electrons. The molecule has 0 spiro atoms. The summed E-state index contributed by atoms with van der Waals surface area (Å²) < 4.78 is 10.6. The van der Waals surface area contributed by atoms with Gasteiger partial charge in [0.25, 0.3) is 5.91 Å². The zero-order valence-electron chi connectivity index (χ0n) is 13.5. The Morgan fingerprint density at radius 2 is 2.17 bits per heavy atom. The zero-order valence-corrected chi connectivity index (χ0v) is 14.3. The second-order valence-electron chi connectivity index (χ2n) is 5.73. The first kappa shape index (κ1) is 15.8. The maximum absolute atomic E-state index is 12.6. The summed E-state index contributed by atoms with van der Waals surface area (Å²) in [6, 6.07) is 5.25. The molecular weight excluding hydrogens is 312 g/mol. The van der Waals surface area contributed by atoms with E-state index >= 15 is 0 Å². The molecule has 5 nitrogen and oxygen atoms in total. The number of thiazole rings is 1. The largest absolute Gasteiger partial charge is 0.493 e. The van der Waals surface area contributed by atoms with E-state index in [1.165, 1.54) is 12.0 Å². The number of carbonyl (C=O) groups is 1. The van der Waals surface area contributed by atoms with Gasteiger partial charge in [0.2, 0.25) is 0 Å². The zero-order chi connectivity index (χ0) is 16.4. The number of rotatable bonds is 4. The van der Waals surface area contributed by atoms with Gasteiger partial charge in [0.15, 0.2) is 16.6 Å². The molecule has 1 aromatic heterocycles. The molecule has 122 valence electrons. The van der Waals surface area contributed by atoms with Gasteiger partial charge >= 0.3 is 0 Å². The van der Waals surface area contributed by atoms with Crippen molar-refractivity contribution >= 4 is 22.4 Å². The maximum atomic E-state index is 12.6. The van der Waals surface area contributed by atoms with Gasteiger partial charge in [-0.15, -0.1) is 11.3 Å². The first-order valence-corrected chi connectivity index (χ1v) is 8.45. The number of methoxy groups -OCH3 is 2. The van der Waals surface area contributed by atoms with Crippen LogP contribution in [0.5, 0.6) is 11.5 Å². The van der Waals surface area contributed by atoms with Gasteiger partial charge in [-0.2, -0.15) is 0 Å². The molecule has 1 aliphatic carbocycles. The van der Waals surface area contributed by atoms with Crippen molar-refractivity contribution < 1.29 is 14.3 Å². The van der Waals surface area contributed by atoms with E-state index in [1.807, 2.05) is 0 Å². The number of anilines is 1. The summed E-state index contributed by atoms with van der Waals surface area (Å²) in [5, 5.41) is 3.54. The molecule has 0 unspecified atom stereocenters. The lowest BCUT2D eigenvalue weighted by Crippen LogP contribution is -2.13. The predicted octanol–water partition coefficient (Wildman–Crippen LogP) is 3.54. The summed E-state index contributed by atoms with van der Waals surface area (Å²) in [6.45, 7) is 2.25. The molecule has 1 N–H and O–H groups in total. The van der Waals surface area contributed by atoms with Gasteiger partial charge in [-0.05, 0) is 37.3 Å². The smallest absolute Gasteiger partial charge is 0.261 e. The van der Waals surface area contributed by atoms with E-state index in [4.69, 9.17) is 9.47 Å². The van der Waals surface area contributed by atoms with Crippen molar-refractivity contribution in [3.8, 4) is 11.5 Å². The number of hydrogen-bond donors (Lipinski definition) is 1. The molecule has 1 heterocycles. The highest BCUT2D eigenvalue weighted by atomic mass is 32.1. The SMILES string of the molecule is COc1cccc(C(=O)Nc2nc3c(s2)C[C@H](C)CC3)c1OC. The Hall–Kier alpha value is -2.08. The second-order valence-corrected chi connectivity index (χ2v) is 6.82. The van der Waals surface area contributed by atoms with Crippen LogP contribution in [0.1, 0.15) is 34.3 Å². The molecule has 0 bridgehead atoms. The molecule has 1 amide bonds. The van der Waals surface area contributed by atoms with Gasteiger partial charge in [0, 0.05) is 4.88 Å². The number of carbonyl (C=O) groups excluding carboxylic acids is 1. The predicted molar refractivity (Wildman–Crippen MR) is 90.8 cm³/mol. The quantitative estimate of drug-likeness (QED) is 0.930. The van der Waals surface area contributed by atoms with E-state index in [0.29, 0.717) is 28.1 Å². The van der Waals surface area contributed by atoms with Crippen molar-refractivity contribution in [2.75, 3.05) is 19.5 Å². The molecule has 2 aromatic rings. The molecule has 1 atom stereocenters. The van der Waals surface area contributed by atoms with Crippen LogP contribution in [0, 0.1) is 5.92 Å². The minimum absolute atomic E-state index is 0.236. The van der Waals surface area contributed by atoms with Gasteiger partial charge in [0.1, 0.15) is 0 Å². The lowest BCUT2D eigenvalue weighted by molar-refractivity contribution is 0.102. The number of fused-ring (bicyclic) bond motifs is 1. The van der Waals surface area contributed by atoms with Crippen molar-refractivity contribution in [2.24, 2.45) is 5.92 Å². The van der Waals surface area contributed by atoms with E-state index in [2.05, 4.69) is 17.2 Å². The van der Waals surface area contributed by atoms with Crippen molar-refractivity contribution in [1.82, 2.24) is 4.98 Å². The number of aromatic nitrogens is 1. The third kappa shape index (κ3) is 3.17. The molecule has 0 fully saturated rings. The number of para-hydroxylation sites is 1. The van der Waals surface area contributed by atoms with Crippen LogP contribution < -0.4 is 14.8 Å². The van der Waals surface area contributed by atoms with Crippen molar-refractivity contribution in [3.63, 3.8) is 0 Å². The standard InChI is InChI=1S/C17H20N2O3S/c1-10-7-8-12-14(9-10)23-17(18-12)19-16(20)11-5-4-6-13(21-2)15(11)22-3/h4-6,10H,7-9H2,1-3H3,(H,18,19,20)/t10-/m1/s1. The van der Waals surface area contributed by atoms with Crippen molar-refractivity contribution in [2.45, 2.75) is 26.2 Å². The monoisotopic (exact) mass is 332 g/mol. The topological polar surface area (TPSA) is 60.5 Å². The molecule has 1 aliphatic rings. The third-order valence-electron chi connectivity index (χ3n) is 4.05. The maximum Gasteiger partial charge on any atom is 0.261 e. The highest BCUT2D eigenvalue weighted by Gasteiger charge is 2.22. The molecule has 1 aromatic carbocycles. The fourth-order valence-corrected chi connectivity index (χ4v) is 3.99. The van der Waals surface area contributed by atoms with E-state index in [1.54, 1.807) is 36.6 Å². The number of hydrogen-bond acceptors (Lipinski definition) is 5. The third-order valence-corrected chi connectivity index (χ3v) is 5.09. The molecule has 3 rings (SSSR count). The summed E-state index contributed by atoms with van der Waals surface area (Å²) in [6.07, 6.45) is 3.20. The van der Waals surface area contributed by atoms with Gasteiger partial charge in [0.05, 0.1) is 25.5 Å². The Morgan fingerprint density at radius 1 is 1.35 bits per heavy atom. The average molecular weight is 332 g/mol. The van der Waals surface area contributed by atoms with E-state index in [-0.39, 0.29) is 5.91 Å². The molecule has 0 saturated carbocycles. The van der Waals surface area contributed by atoms with E-state index in [0.717, 1.165) is 25.0 Å². The Labute approximate surface area is 139 Å². The molecule has 23 heavy (non-hydrogen) atoms. The normalized spacial score (nSPS) is 16.6. The average Bonchev–Trinajstić information content (AvgIpc) is 2.95. The fraction of sp³-hybridized carbons (Fsp3) is 0.412. The van der Waals surface area contributed by atoms with Crippen LogP contribution >= 0.6 is 11.3 Å². The van der Waals surface area contributed by atoms with Gasteiger partial charge < -0.3 is 9.47 Å². The lowest BCUT2D eigenvalue weighted by atomic mass is 9.93. The molecule has 6 heteroatoms. The number of amides is 1. The van der Waals surface area contributed by atoms with E-state index in [9.17, 15) is 4.79 Å². The summed E-state index contributed by atoms with van der Waals surface area (Å²) in [4.78, 5) is 18.4. The fourth-order valence-electron chi connectivity index (χ4n) is 2.82. The van der Waals surface area contributed by atoms with Crippen LogP contribution in [0.15, 0.2) is 18.2 Å². The Balaban J connectivity index is 1.83. The van der Waals surface area contributed by atoms with Gasteiger partial charge in [-0.25, -0.2) is 4.98 Å². The summed E-state index contributed by atoms with van der Waals surface area (Å²) in [7, 11) is 3.08. The number of benzene rings is 1. The molecule has 0 aliphatic heterocycles. The minimum Gasteiger partial charge on any atom is -0.493 e. The number of nitrogens with zero attached hydrogens (tertiary/aromatic N) is 1. The van der Waals surface area contributed by atoms with Crippen LogP contribution in [0.3, 0.4) is 0 Å². The lowest BCUT2D eigenvalue weighted by Gasteiger charge is -2.15. The summed E-state index contributed by atoms with van der Waals surface area (Å²) in [5.74, 6) is 1.42. The molecule has 0 saturated heterocycles. The van der Waals surface area contributed by atoms with Crippen LogP contribution in [0.2, 0.25) is 0 Å². The summed E-state index contributed by atoms with van der Waals surface area (Å²) in [5.41, 5.74) is 1.56. The summed E-state index contributed by atoms with van der Waals surface area (Å²) >= 11 is 1.57. The first-order chi connectivity index (χ1) is 11.1. The Morgan fingerprint density at radius 3 is 2.91 bits per heavy atom. The number of nitrogens with one attached hydrogen (secondary N) is 1. The second kappa shape index (κ2) is 6.58. The van der Waals surface area contributed by atoms with E-state index < -0.39 is 0 Å². The molecular formula is C17H20N2O3S. The highest BCUT2D eigenvalue weighted by molar-refractivity contribution is 7.15. The number of aryl methyl sites for hydroxylation is 1. The Kier molecular flexibility index (Phi) is 4.52. The van der Waals surface area contributed by atoms with Crippen molar-refractivity contribution in [1.29, 1.82) is 0 Å². The van der Waals surface area contributed by atoms with Crippen LogP contribution in [0.25, 0.3) is 0 Å².